The number of ketones is 1. The number of hydrogen-bond donors (Lipinski definition) is 3. The average Bonchev–Trinajstić information content (AvgIpc) is 3.82. The maximum atomic E-state index is 15.0. The average molecular weight is 939 g/mol. The molecule has 0 amide bonds. The number of imidazole rings is 1. The highest BCUT2D eigenvalue weighted by molar-refractivity contribution is 8.00. The van der Waals surface area contributed by atoms with Crippen LogP contribution in [0.1, 0.15) is 100 Å². The van der Waals surface area contributed by atoms with Crippen LogP contribution in [-0.2, 0) is 54.0 Å². The van der Waals surface area contributed by atoms with Crippen molar-refractivity contribution in [3.8, 4) is 0 Å². The molecular formula is C47H74N4O13S. The van der Waals surface area contributed by atoms with E-state index < -0.39 is 137 Å². The van der Waals surface area contributed by atoms with E-state index in [4.69, 9.17) is 35.9 Å². The largest absolute Gasteiger partial charge is 0.458 e. The van der Waals surface area contributed by atoms with Gasteiger partial charge in [-0.2, -0.15) is 0 Å². The van der Waals surface area contributed by atoms with E-state index >= 15 is 4.79 Å². The minimum absolute atomic E-state index is 0.0309. The highest BCUT2D eigenvalue weighted by Crippen LogP contribution is 2.49. The van der Waals surface area contributed by atoms with Crippen LogP contribution in [0.5, 0.6) is 0 Å². The van der Waals surface area contributed by atoms with Gasteiger partial charge in [-0.15, -0.1) is 11.8 Å². The molecule has 4 aliphatic rings. The van der Waals surface area contributed by atoms with Gasteiger partial charge in [-0.3, -0.25) is 14.4 Å². The second-order valence-corrected chi connectivity index (χ2v) is 20.6. The second kappa shape index (κ2) is 20.4. The number of pyridine rings is 1. The van der Waals surface area contributed by atoms with Crippen LogP contribution in [0.4, 0.5) is 0 Å². The third kappa shape index (κ3) is 10.5. The number of aryl methyl sites for hydroxylation is 1. The maximum absolute atomic E-state index is 15.0. The van der Waals surface area contributed by atoms with Gasteiger partial charge in [0.15, 0.2) is 23.8 Å². The van der Waals surface area contributed by atoms with Gasteiger partial charge >= 0.3 is 11.9 Å². The number of cyclic esters (lactones) is 1. The topological polar surface area (TPSA) is 210 Å². The van der Waals surface area contributed by atoms with Gasteiger partial charge in [0.25, 0.3) is 0 Å². The molecule has 4 aliphatic heterocycles. The summed E-state index contributed by atoms with van der Waals surface area (Å²) in [5.41, 5.74) is -7.30. The number of fused-ring (bicyclic) bond motifs is 2. The molecule has 65 heavy (non-hydrogen) atoms. The molecule has 4 fully saturated rings. The lowest BCUT2D eigenvalue weighted by molar-refractivity contribution is -0.318. The standard InChI is InChI=1S/C47H74N4O13S/c1-14-32-47(10)34(38(43(56)64-47)65-19-18-51-23-49-30-16-15-17-48-41(30)51)26(4)35(52)24(2)21-45(8,57)40(63-44-36(53)31(50(11)12)20-25(3)59-44)27(5)37(28(6)42(55)61-32)62-33-22-46(9,58-13)39(54)29(7)60-33/h15-17,23-29,31-34,36-40,44,53-54,57H,14,18-22H2,1-13H3/t24-,25-,26-,27+,28-,29+,31+,32?,33+,34+,36-,37?,38+,39+,40-,44+,45-,46-,47-/m1/s1/i18D2,19D2. The maximum Gasteiger partial charge on any atom is 0.320 e. The summed E-state index contributed by atoms with van der Waals surface area (Å²) < 4.78 is 81.9. The van der Waals surface area contributed by atoms with Crippen molar-refractivity contribution in [3.63, 3.8) is 0 Å². The molecule has 6 rings (SSSR count). The number of aliphatic hydroxyl groups excluding tert-OH is 2. The number of rotatable bonds is 11. The lowest BCUT2D eigenvalue weighted by Gasteiger charge is -2.49. The molecule has 0 aromatic carbocycles. The molecule has 3 N–H and O–H groups in total. The summed E-state index contributed by atoms with van der Waals surface area (Å²) in [5.74, 6) is -7.60. The molecule has 0 radical (unpaired) electrons. The normalized spacial score (nSPS) is 44.9. The molecule has 18 heteroatoms. The number of ether oxygens (including phenoxy) is 7. The van der Waals surface area contributed by atoms with Crippen molar-refractivity contribution in [2.24, 2.45) is 29.6 Å². The number of hydrogen-bond acceptors (Lipinski definition) is 17. The number of thioether (sulfide) groups is 1. The minimum Gasteiger partial charge on any atom is -0.458 e. The predicted molar refractivity (Wildman–Crippen MR) is 241 cm³/mol. The number of Topliss-reactive ketones (excluding diaryl/α,β-unsaturated/α-hetero) is 1. The van der Waals surface area contributed by atoms with Crippen molar-refractivity contribution >= 4 is 40.6 Å². The van der Waals surface area contributed by atoms with E-state index in [1.807, 2.05) is 25.9 Å². The number of likely N-dealkylation sites (N-methyl/N-ethyl adjacent to an activating group) is 1. The van der Waals surface area contributed by atoms with Crippen molar-refractivity contribution in [2.45, 2.75) is 185 Å². The van der Waals surface area contributed by atoms with E-state index in [-0.39, 0.29) is 31.0 Å². The molecule has 2 aromatic heterocycles. The van der Waals surface area contributed by atoms with Crippen LogP contribution in [0.2, 0.25) is 0 Å². The Labute approximate surface area is 393 Å². The molecule has 0 saturated carbocycles. The first-order valence-corrected chi connectivity index (χ1v) is 23.7. The zero-order valence-electron chi connectivity index (χ0n) is 44.0. The first-order valence-electron chi connectivity index (χ1n) is 24.8. The van der Waals surface area contributed by atoms with Crippen molar-refractivity contribution < 1.29 is 68.3 Å². The highest BCUT2D eigenvalue weighted by Gasteiger charge is 2.62. The molecule has 6 heterocycles. The lowest BCUT2D eigenvalue weighted by Crippen LogP contribution is -2.61. The summed E-state index contributed by atoms with van der Waals surface area (Å²) in [6, 6.07) is 2.83. The van der Waals surface area contributed by atoms with Crippen LogP contribution in [0.15, 0.2) is 24.7 Å². The summed E-state index contributed by atoms with van der Waals surface area (Å²) in [7, 11) is 5.12. The van der Waals surface area contributed by atoms with E-state index in [2.05, 4.69) is 9.97 Å². The fourth-order valence-electron chi connectivity index (χ4n) is 10.7. The summed E-state index contributed by atoms with van der Waals surface area (Å²) in [6.07, 6.45) is -6.53. The molecular weight excluding hydrogens is 861 g/mol. The van der Waals surface area contributed by atoms with Gasteiger partial charge in [-0.05, 0) is 87.0 Å². The summed E-state index contributed by atoms with van der Waals surface area (Å²) >= 11 is 0.368. The van der Waals surface area contributed by atoms with E-state index in [9.17, 15) is 27.7 Å². The smallest absolute Gasteiger partial charge is 0.320 e. The summed E-state index contributed by atoms with van der Waals surface area (Å²) in [6.45, 7) is 13.7. The quantitative estimate of drug-likeness (QED) is 0.270. The number of carbonyl (C=O) groups is 3. The van der Waals surface area contributed by atoms with Gasteiger partial charge in [-0.25, -0.2) is 9.97 Å². The first-order chi connectivity index (χ1) is 32.0. The Bertz CT molecular complexity index is 2160. The van der Waals surface area contributed by atoms with Crippen LogP contribution >= 0.6 is 11.8 Å². The van der Waals surface area contributed by atoms with E-state index in [1.54, 1.807) is 67.5 Å². The summed E-state index contributed by atoms with van der Waals surface area (Å²) in [5, 5.41) is 34.2. The van der Waals surface area contributed by atoms with Gasteiger partial charge < -0.3 is 57.9 Å². The van der Waals surface area contributed by atoms with Crippen LogP contribution in [0.3, 0.4) is 0 Å². The monoisotopic (exact) mass is 939 g/mol. The number of aliphatic hydroxyl groups is 3. The second-order valence-electron chi connectivity index (χ2n) is 19.6. The fourth-order valence-corrected chi connectivity index (χ4v) is 11.8. The number of nitrogens with zero attached hydrogens (tertiary/aromatic N) is 4. The van der Waals surface area contributed by atoms with Gasteiger partial charge in [0.2, 0.25) is 0 Å². The Kier molecular flexibility index (Phi) is 14.5. The van der Waals surface area contributed by atoms with Gasteiger partial charge in [0, 0.05) is 64.4 Å². The zero-order chi connectivity index (χ0) is 51.5. The molecule has 0 bridgehead atoms. The molecule has 0 spiro atoms. The Hall–Kier alpha value is -2.78. The first kappa shape index (κ1) is 46.0. The Morgan fingerprint density at radius 1 is 1.00 bits per heavy atom. The predicted octanol–water partition coefficient (Wildman–Crippen LogP) is 4.15. The Morgan fingerprint density at radius 2 is 1.71 bits per heavy atom. The molecule has 2 aromatic rings. The molecule has 366 valence electrons. The SMILES string of the molecule is [2H]C([2H])(S[C@@H]1C(=O)O[C@]2(C)C(CC)OC(=O)[C@H](C)C(O[C@H]3C[C@@](C)(OC)[C@@H](O)[C@H](C)O3)[C@H](C)[C@@H](O[C@@H]3O[C@H](C)C[C@H](N(C)C)[C@H]3O)[C@](C)(O)C[C@@H](C)C(=O)[C@H](C)[C@@H]12)C([2H])([2H])n1cnc2cccnc21. The van der Waals surface area contributed by atoms with E-state index in [0.717, 1.165) is 10.9 Å². The third-order valence-electron chi connectivity index (χ3n) is 14.5. The van der Waals surface area contributed by atoms with Crippen LogP contribution < -0.4 is 0 Å². The number of carbonyl (C=O) groups excluding carboxylic acids is 3. The van der Waals surface area contributed by atoms with Crippen molar-refractivity contribution in [2.75, 3.05) is 26.9 Å². The molecule has 19 atom stereocenters. The minimum atomic E-state index is -2.88. The Morgan fingerprint density at radius 3 is 2.37 bits per heavy atom. The molecule has 17 nitrogen and oxygen atoms in total. The van der Waals surface area contributed by atoms with Crippen molar-refractivity contribution in [1.29, 1.82) is 0 Å². The lowest BCUT2D eigenvalue weighted by atomic mass is 9.70. The zero-order valence-corrected chi connectivity index (χ0v) is 40.8. The van der Waals surface area contributed by atoms with Crippen molar-refractivity contribution in [3.05, 3.63) is 24.7 Å². The Balaban J connectivity index is 1.45. The molecule has 2 unspecified atom stereocenters. The highest BCUT2D eigenvalue weighted by atomic mass is 32.2. The molecule has 4 saturated heterocycles. The number of aromatic nitrogens is 3. The van der Waals surface area contributed by atoms with Crippen LogP contribution in [-0.4, -0.2) is 163 Å². The van der Waals surface area contributed by atoms with Gasteiger partial charge in [0.1, 0.15) is 34.9 Å². The van der Waals surface area contributed by atoms with Gasteiger partial charge in [-0.1, -0.05) is 27.7 Å². The number of esters is 2. The summed E-state index contributed by atoms with van der Waals surface area (Å²) in [4.78, 5) is 54.6. The van der Waals surface area contributed by atoms with Gasteiger partial charge in [0.05, 0.1) is 50.6 Å². The third-order valence-corrected chi connectivity index (χ3v) is 15.4. The van der Waals surface area contributed by atoms with Crippen LogP contribution in [0, 0.1) is 29.6 Å². The number of methoxy groups -OCH3 is 1. The van der Waals surface area contributed by atoms with Crippen LogP contribution in [0.25, 0.3) is 11.2 Å². The van der Waals surface area contributed by atoms with Crippen molar-refractivity contribution in [1.82, 2.24) is 19.4 Å². The van der Waals surface area contributed by atoms with E-state index in [0.29, 0.717) is 23.7 Å². The van der Waals surface area contributed by atoms with E-state index in [1.165, 1.54) is 20.2 Å². The molecule has 0 aliphatic carbocycles. The fraction of sp³-hybridized carbons (Fsp3) is 0.809.